The Morgan fingerprint density at radius 2 is 0.848 bits per heavy atom. The molecule has 0 unspecified atom stereocenters. The summed E-state index contributed by atoms with van der Waals surface area (Å²) in [6, 6.07) is 16.8. The standard InChI is InChI=1S/C38H58N6O2/c1-41(2)33-23-19-31(20-24-33)39-37(45)43(35-15-7-5-8-16-35)27-29-13-11-12-14-30(29)28-44(36-17-9-6-10-18-36)38(46)40-32-21-25-34(26-22-32)42(3)4/h19-26,29-30,35-36H,5-18,27-28H2,1-4H3,(H,39,45)(H,40,46)/t29-,30+. The van der Waals surface area contributed by atoms with Gasteiger partial charge < -0.3 is 30.2 Å². The average Bonchev–Trinajstić information content (AvgIpc) is 3.07. The summed E-state index contributed by atoms with van der Waals surface area (Å²) in [5.41, 5.74) is 3.92. The van der Waals surface area contributed by atoms with Crippen molar-refractivity contribution in [2.24, 2.45) is 11.8 Å². The van der Waals surface area contributed by atoms with Crippen molar-refractivity contribution in [1.82, 2.24) is 9.80 Å². The zero-order valence-corrected chi connectivity index (χ0v) is 28.8. The summed E-state index contributed by atoms with van der Waals surface area (Å²) in [5.74, 6) is 0.770. The number of carbonyl (C=O) groups excluding carboxylic acids is 2. The van der Waals surface area contributed by atoms with Crippen LogP contribution in [0.1, 0.15) is 89.9 Å². The third-order valence-corrected chi connectivity index (χ3v) is 10.8. The van der Waals surface area contributed by atoms with E-state index in [0.717, 1.165) is 74.4 Å². The average molecular weight is 631 g/mol. The van der Waals surface area contributed by atoms with Gasteiger partial charge in [0.15, 0.2) is 0 Å². The Hall–Kier alpha value is -3.42. The van der Waals surface area contributed by atoms with Crippen LogP contribution in [0.25, 0.3) is 0 Å². The molecule has 0 aliphatic heterocycles. The first-order chi connectivity index (χ1) is 22.3. The molecule has 2 atom stereocenters. The van der Waals surface area contributed by atoms with Gasteiger partial charge in [0, 0.05) is 76.1 Å². The molecule has 0 radical (unpaired) electrons. The van der Waals surface area contributed by atoms with E-state index < -0.39 is 0 Å². The van der Waals surface area contributed by atoms with Crippen molar-refractivity contribution in [3.8, 4) is 0 Å². The van der Waals surface area contributed by atoms with Crippen LogP contribution in [0.2, 0.25) is 0 Å². The molecule has 3 fully saturated rings. The third kappa shape index (κ3) is 9.10. The Morgan fingerprint density at radius 3 is 1.17 bits per heavy atom. The van der Waals surface area contributed by atoms with Crippen molar-refractivity contribution in [3.63, 3.8) is 0 Å². The van der Waals surface area contributed by atoms with E-state index >= 15 is 0 Å². The van der Waals surface area contributed by atoms with Crippen LogP contribution in [-0.4, -0.2) is 75.2 Å². The topological polar surface area (TPSA) is 71.2 Å². The van der Waals surface area contributed by atoms with Gasteiger partial charge in [-0.2, -0.15) is 0 Å². The Labute approximate surface area is 277 Å². The largest absolute Gasteiger partial charge is 0.378 e. The number of amides is 4. The molecule has 0 heterocycles. The maximum Gasteiger partial charge on any atom is 0.322 e. The van der Waals surface area contributed by atoms with E-state index in [1.807, 2.05) is 52.5 Å². The second kappa shape index (κ2) is 16.4. The Morgan fingerprint density at radius 1 is 0.522 bits per heavy atom. The lowest BCUT2D eigenvalue weighted by atomic mass is 9.77. The lowest BCUT2D eigenvalue weighted by Gasteiger charge is -2.43. The normalized spacial score (nSPS) is 20.9. The number of hydrogen-bond acceptors (Lipinski definition) is 4. The second-order valence-electron chi connectivity index (χ2n) is 14.4. The van der Waals surface area contributed by atoms with E-state index in [1.165, 1.54) is 51.4 Å². The molecule has 4 amide bonds. The maximum absolute atomic E-state index is 14.0. The maximum atomic E-state index is 14.0. The van der Waals surface area contributed by atoms with E-state index in [9.17, 15) is 9.59 Å². The van der Waals surface area contributed by atoms with Gasteiger partial charge in [0.2, 0.25) is 0 Å². The second-order valence-corrected chi connectivity index (χ2v) is 14.4. The molecule has 0 aromatic heterocycles. The van der Waals surface area contributed by atoms with Gasteiger partial charge in [-0.1, -0.05) is 51.4 Å². The first-order valence-electron chi connectivity index (χ1n) is 18.0. The van der Waals surface area contributed by atoms with Crippen LogP contribution in [-0.2, 0) is 0 Å². The molecule has 252 valence electrons. The Kier molecular flexibility index (Phi) is 12.1. The van der Waals surface area contributed by atoms with Gasteiger partial charge in [0.25, 0.3) is 0 Å². The van der Waals surface area contributed by atoms with E-state index in [1.54, 1.807) is 0 Å². The van der Waals surface area contributed by atoms with Gasteiger partial charge in [-0.05, 0) is 98.9 Å². The van der Waals surface area contributed by atoms with Gasteiger partial charge in [-0.15, -0.1) is 0 Å². The van der Waals surface area contributed by atoms with E-state index in [-0.39, 0.29) is 24.1 Å². The summed E-state index contributed by atoms with van der Waals surface area (Å²) >= 11 is 0. The van der Waals surface area contributed by atoms with Crippen molar-refractivity contribution < 1.29 is 9.59 Å². The van der Waals surface area contributed by atoms with E-state index in [4.69, 9.17) is 0 Å². The number of carbonyl (C=O) groups is 2. The number of nitrogens with one attached hydrogen (secondary N) is 2. The van der Waals surface area contributed by atoms with Gasteiger partial charge in [0.1, 0.15) is 0 Å². The van der Waals surface area contributed by atoms with Crippen LogP contribution in [0.5, 0.6) is 0 Å². The highest BCUT2D eigenvalue weighted by Crippen LogP contribution is 2.35. The van der Waals surface area contributed by atoms with Gasteiger partial charge in [-0.3, -0.25) is 0 Å². The fourth-order valence-electron chi connectivity index (χ4n) is 7.93. The first kappa shape index (κ1) is 33.9. The van der Waals surface area contributed by atoms with E-state index in [2.05, 4.69) is 54.5 Å². The van der Waals surface area contributed by atoms with Crippen molar-refractivity contribution >= 4 is 34.8 Å². The summed E-state index contributed by atoms with van der Waals surface area (Å²) < 4.78 is 0. The number of urea groups is 2. The molecule has 8 nitrogen and oxygen atoms in total. The van der Waals surface area contributed by atoms with Gasteiger partial charge in [-0.25, -0.2) is 9.59 Å². The van der Waals surface area contributed by atoms with Gasteiger partial charge >= 0.3 is 12.1 Å². The number of anilines is 4. The molecule has 3 aliphatic carbocycles. The third-order valence-electron chi connectivity index (χ3n) is 10.8. The molecule has 2 aromatic rings. The number of rotatable bonds is 10. The fraction of sp³-hybridized carbons (Fsp3) is 0.632. The lowest BCUT2D eigenvalue weighted by molar-refractivity contribution is 0.0902. The van der Waals surface area contributed by atoms with Crippen molar-refractivity contribution in [2.75, 3.05) is 61.7 Å². The summed E-state index contributed by atoms with van der Waals surface area (Å²) in [7, 11) is 8.11. The van der Waals surface area contributed by atoms with Crippen LogP contribution in [0.15, 0.2) is 48.5 Å². The van der Waals surface area contributed by atoms with Crippen LogP contribution in [0.3, 0.4) is 0 Å². The Bertz CT molecular complexity index is 1140. The lowest BCUT2D eigenvalue weighted by Crippen LogP contribution is -2.51. The molecular formula is C38H58N6O2. The zero-order chi connectivity index (χ0) is 32.5. The van der Waals surface area contributed by atoms with Crippen molar-refractivity contribution in [1.29, 1.82) is 0 Å². The highest BCUT2D eigenvalue weighted by molar-refractivity contribution is 5.90. The number of benzene rings is 2. The smallest absolute Gasteiger partial charge is 0.322 e. The monoisotopic (exact) mass is 630 g/mol. The van der Waals surface area contributed by atoms with Crippen molar-refractivity contribution in [2.45, 2.75) is 102 Å². The van der Waals surface area contributed by atoms with Crippen LogP contribution in [0.4, 0.5) is 32.3 Å². The summed E-state index contributed by atoms with van der Waals surface area (Å²) in [6.07, 6.45) is 16.2. The molecule has 3 aliphatic rings. The zero-order valence-electron chi connectivity index (χ0n) is 28.8. The summed E-state index contributed by atoms with van der Waals surface area (Å²) in [6.45, 7) is 1.53. The van der Waals surface area contributed by atoms with Crippen LogP contribution < -0.4 is 20.4 Å². The highest BCUT2D eigenvalue weighted by atomic mass is 16.2. The first-order valence-corrected chi connectivity index (χ1v) is 18.0. The minimum absolute atomic E-state index is 0.0249. The fourth-order valence-corrected chi connectivity index (χ4v) is 7.93. The molecule has 3 saturated carbocycles. The minimum Gasteiger partial charge on any atom is -0.378 e. The predicted octanol–water partition coefficient (Wildman–Crippen LogP) is 8.66. The van der Waals surface area contributed by atoms with Crippen molar-refractivity contribution in [3.05, 3.63) is 48.5 Å². The molecule has 2 N–H and O–H groups in total. The predicted molar refractivity (Wildman–Crippen MR) is 192 cm³/mol. The molecule has 5 rings (SSSR count). The summed E-state index contributed by atoms with van der Waals surface area (Å²) in [4.78, 5) is 36.5. The van der Waals surface area contributed by atoms with Crippen LogP contribution in [0, 0.1) is 11.8 Å². The quantitative estimate of drug-likeness (QED) is 0.276. The molecular weight excluding hydrogens is 572 g/mol. The molecule has 8 heteroatoms. The SMILES string of the molecule is CN(C)c1ccc(NC(=O)N(C[C@H]2CCCC[C@H]2CN(C(=O)Nc2ccc(N(C)C)cc2)C2CCCCC2)C2CCCCC2)cc1. The number of hydrogen-bond donors (Lipinski definition) is 2. The minimum atomic E-state index is 0.0249. The Balaban J connectivity index is 1.31. The molecule has 2 aromatic carbocycles. The highest BCUT2D eigenvalue weighted by Gasteiger charge is 2.36. The van der Waals surface area contributed by atoms with Crippen LogP contribution >= 0.6 is 0 Å². The van der Waals surface area contributed by atoms with Gasteiger partial charge in [0.05, 0.1) is 0 Å². The number of nitrogens with zero attached hydrogens (tertiary/aromatic N) is 4. The molecule has 0 bridgehead atoms. The molecule has 46 heavy (non-hydrogen) atoms. The molecule has 0 spiro atoms. The van der Waals surface area contributed by atoms with E-state index in [0.29, 0.717) is 11.8 Å². The summed E-state index contributed by atoms with van der Waals surface area (Å²) in [5, 5.41) is 6.50. The molecule has 0 saturated heterocycles.